The Morgan fingerprint density at radius 3 is 2.70 bits per heavy atom. The Morgan fingerprint density at radius 2 is 1.93 bits per heavy atom. The Labute approximate surface area is 163 Å². The van der Waals surface area contributed by atoms with E-state index in [4.69, 9.17) is 9.47 Å². The van der Waals surface area contributed by atoms with Gasteiger partial charge in [-0.15, -0.1) is 11.8 Å². The number of methoxy groups -OCH3 is 1. The van der Waals surface area contributed by atoms with Crippen molar-refractivity contribution < 1.29 is 19.1 Å². The molecule has 27 heavy (non-hydrogen) atoms. The Hall–Kier alpha value is -2.47. The minimum atomic E-state index is -0.407. The lowest BCUT2D eigenvalue weighted by Gasteiger charge is -2.26. The van der Waals surface area contributed by atoms with Crippen molar-refractivity contribution >= 4 is 23.6 Å². The minimum Gasteiger partial charge on any atom is -0.497 e. The van der Waals surface area contributed by atoms with Crippen LogP contribution in [-0.2, 0) is 20.7 Å². The average molecular weight is 385 g/mol. The second-order valence-electron chi connectivity index (χ2n) is 6.34. The Kier molecular flexibility index (Phi) is 6.76. The molecule has 0 unspecified atom stereocenters. The number of hydrogen-bond acceptors (Lipinski definition) is 5. The summed E-state index contributed by atoms with van der Waals surface area (Å²) in [6, 6.07) is 15.6. The molecule has 0 saturated carbocycles. The standard InChI is InChI=1S/C21H23NO4S/c1-25-16-9-11-17(12-10-16)27-14-21(24)26-13-20(23)22-19-8-4-6-15-5-2-3-7-18(15)19/h2-3,5,7,9-12,19H,4,6,8,13-14H2,1H3,(H,22,23)/t19-/m1/s1. The van der Waals surface area contributed by atoms with E-state index in [1.54, 1.807) is 7.11 Å². The highest BCUT2D eigenvalue weighted by molar-refractivity contribution is 8.00. The molecule has 0 heterocycles. The molecule has 2 aromatic rings. The number of fused-ring (bicyclic) bond motifs is 1. The summed E-state index contributed by atoms with van der Waals surface area (Å²) in [5.41, 5.74) is 2.44. The van der Waals surface area contributed by atoms with Gasteiger partial charge in [-0.25, -0.2) is 0 Å². The molecule has 0 saturated heterocycles. The van der Waals surface area contributed by atoms with E-state index in [9.17, 15) is 9.59 Å². The first-order valence-corrected chi connectivity index (χ1v) is 9.94. The second kappa shape index (κ2) is 9.46. The highest BCUT2D eigenvalue weighted by atomic mass is 32.2. The highest BCUT2D eigenvalue weighted by Crippen LogP contribution is 2.29. The van der Waals surface area contributed by atoms with Crippen molar-refractivity contribution in [2.45, 2.75) is 30.2 Å². The quantitative estimate of drug-likeness (QED) is 0.584. The highest BCUT2D eigenvalue weighted by Gasteiger charge is 2.21. The predicted octanol–water partition coefficient (Wildman–Crippen LogP) is 3.52. The molecule has 1 atom stereocenters. The van der Waals surface area contributed by atoms with E-state index in [0.717, 1.165) is 29.9 Å². The van der Waals surface area contributed by atoms with Gasteiger partial charge in [0.05, 0.1) is 18.9 Å². The maximum Gasteiger partial charge on any atom is 0.316 e. The summed E-state index contributed by atoms with van der Waals surface area (Å²) in [7, 11) is 1.61. The number of ether oxygens (including phenoxy) is 2. The summed E-state index contributed by atoms with van der Waals surface area (Å²) in [6.07, 6.45) is 2.99. The number of nitrogens with one attached hydrogen (secondary N) is 1. The van der Waals surface area contributed by atoms with Gasteiger partial charge in [-0.1, -0.05) is 24.3 Å². The van der Waals surface area contributed by atoms with Crippen molar-refractivity contribution in [1.29, 1.82) is 0 Å². The molecule has 1 aliphatic rings. The molecule has 0 radical (unpaired) electrons. The number of hydrogen-bond donors (Lipinski definition) is 1. The molecule has 0 bridgehead atoms. The number of rotatable bonds is 7. The minimum absolute atomic E-state index is 0.00479. The van der Waals surface area contributed by atoms with E-state index in [1.165, 1.54) is 22.9 Å². The molecule has 2 aromatic carbocycles. The van der Waals surface area contributed by atoms with E-state index in [1.807, 2.05) is 36.4 Å². The van der Waals surface area contributed by atoms with Crippen LogP contribution < -0.4 is 10.1 Å². The van der Waals surface area contributed by atoms with Gasteiger partial charge in [-0.2, -0.15) is 0 Å². The van der Waals surface area contributed by atoms with Gasteiger partial charge in [-0.3, -0.25) is 9.59 Å². The Balaban J connectivity index is 1.42. The maximum absolute atomic E-state index is 12.2. The predicted molar refractivity (Wildman–Crippen MR) is 105 cm³/mol. The SMILES string of the molecule is COc1ccc(SCC(=O)OCC(=O)N[C@@H]2CCCc3ccccc32)cc1. The van der Waals surface area contributed by atoms with Gasteiger partial charge in [0.1, 0.15) is 5.75 Å². The smallest absolute Gasteiger partial charge is 0.316 e. The van der Waals surface area contributed by atoms with Crippen molar-refractivity contribution in [2.75, 3.05) is 19.5 Å². The van der Waals surface area contributed by atoms with Crippen LogP contribution in [0.1, 0.15) is 30.0 Å². The van der Waals surface area contributed by atoms with E-state index < -0.39 is 5.97 Å². The molecule has 5 nitrogen and oxygen atoms in total. The third-order valence-corrected chi connectivity index (χ3v) is 5.47. The van der Waals surface area contributed by atoms with Gasteiger partial charge in [0.25, 0.3) is 5.91 Å². The van der Waals surface area contributed by atoms with Crippen molar-refractivity contribution in [3.05, 3.63) is 59.7 Å². The zero-order valence-corrected chi connectivity index (χ0v) is 16.1. The molecular weight excluding hydrogens is 362 g/mol. The van der Waals surface area contributed by atoms with Crippen molar-refractivity contribution in [2.24, 2.45) is 0 Å². The van der Waals surface area contributed by atoms with Crippen LogP contribution in [0.25, 0.3) is 0 Å². The van der Waals surface area contributed by atoms with Gasteiger partial charge in [0.15, 0.2) is 6.61 Å². The van der Waals surface area contributed by atoms with E-state index in [0.29, 0.717) is 0 Å². The molecule has 0 fully saturated rings. The lowest BCUT2D eigenvalue weighted by Crippen LogP contribution is -2.34. The number of thioether (sulfide) groups is 1. The van der Waals surface area contributed by atoms with Crippen molar-refractivity contribution in [3.63, 3.8) is 0 Å². The van der Waals surface area contributed by atoms with Crippen LogP contribution in [0.5, 0.6) is 5.75 Å². The van der Waals surface area contributed by atoms with E-state index in [-0.39, 0.29) is 24.3 Å². The lowest BCUT2D eigenvalue weighted by molar-refractivity contribution is -0.146. The topological polar surface area (TPSA) is 64.6 Å². The molecular formula is C21H23NO4S. The van der Waals surface area contributed by atoms with Crippen LogP contribution in [0, 0.1) is 0 Å². The number of esters is 1. The Morgan fingerprint density at radius 1 is 1.15 bits per heavy atom. The van der Waals surface area contributed by atoms with Gasteiger partial charge >= 0.3 is 5.97 Å². The third-order valence-electron chi connectivity index (χ3n) is 4.49. The van der Waals surface area contributed by atoms with Gasteiger partial charge < -0.3 is 14.8 Å². The number of carbonyl (C=O) groups excluding carboxylic acids is 2. The first kappa shape index (κ1) is 19.3. The van der Waals surface area contributed by atoms with Crippen LogP contribution >= 0.6 is 11.8 Å². The molecule has 0 spiro atoms. The van der Waals surface area contributed by atoms with Crippen LogP contribution in [0.3, 0.4) is 0 Å². The fourth-order valence-corrected chi connectivity index (χ4v) is 3.84. The zero-order chi connectivity index (χ0) is 19.1. The lowest BCUT2D eigenvalue weighted by atomic mass is 9.88. The number of amides is 1. The van der Waals surface area contributed by atoms with Crippen molar-refractivity contribution in [1.82, 2.24) is 5.32 Å². The third kappa shape index (κ3) is 5.50. The normalized spacial score (nSPS) is 15.5. The first-order valence-electron chi connectivity index (χ1n) is 8.95. The monoisotopic (exact) mass is 385 g/mol. The fraction of sp³-hybridized carbons (Fsp3) is 0.333. The molecule has 1 N–H and O–H groups in total. The second-order valence-corrected chi connectivity index (χ2v) is 7.38. The van der Waals surface area contributed by atoms with Gasteiger partial charge in [0, 0.05) is 4.90 Å². The number of carbonyl (C=O) groups is 2. The summed E-state index contributed by atoms with van der Waals surface area (Å²) >= 11 is 1.36. The molecule has 0 aromatic heterocycles. The van der Waals surface area contributed by atoms with Crippen LogP contribution in [0.15, 0.2) is 53.4 Å². The van der Waals surface area contributed by atoms with E-state index >= 15 is 0 Å². The molecule has 6 heteroatoms. The zero-order valence-electron chi connectivity index (χ0n) is 15.3. The first-order chi connectivity index (χ1) is 13.2. The number of aryl methyl sites for hydroxylation is 1. The van der Waals surface area contributed by atoms with Crippen LogP contribution in [0.2, 0.25) is 0 Å². The van der Waals surface area contributed by atoms with Gasteiger partial charge in [-0.05, 0) is 54.7 Å². The van der Waals surface area contributed by atoms with E-state index in [2.05, 4.69) is 17.4 Å². The molecule has 142 valence electrons. The van der Waals surface area contributed by atoms with Crippen molar-refractivity contribution in [3.8, 4) is 5.75 Å². The number of benzene rings is 2. The van der Waals surface area contributed by atoms with Crippen LogP contribution in [-0.4, -0.2) is 31.3 Å². The largest absolute Gasteiger partial charge is 0.497 e. The fourth-order valence-electron chi connectivity index (χ4n) is 3.14. The summed E-state index contributed by atoms with van der Waals surface area (Å²) < 4.78 is 10.2. The molecule has 1 amide bonds. The average Bonchev–Trinajstić information content (AvgIpc) is 2.71. The summed E-state index contributed by atoms with van der Waals surface area (Å²) in [5.74, 6) is 0.253. The summed E-state index contributed by atoms with van der Waals surface area (Å²) in [5, 5.41) is 2.98. The summed E-state index contributed by atoms with van der Waals surface area (Å²) in [4.78, 5) is 25.0. The summed E-state index contributed by atoms with van der Waals surface area (Å²) in [6.45, 7) is -0.249. The Bertz CT molecular complexity index is 791. The maximum atomic E-state index is 12.2. The molecule has 3 rings (SSSR count). The molecule has 1 aliphatic carbocycles. The van der Waals surface area contributed by atoms with Crippen LogP contribution in [0.4, 0.5) is 0 Å². The van der Waals surface area contributed by atoms with Gasteiger partial charge in [0.2, 0.25) is 0 Å². The molecule has 0 aliphatic heterocycles.